The van der Waals surface area contributed by atoms with E-state index in [0.717, 1.165) is 5.56 Å². The van der Waals surface area contributed by atoms with Gasteiger partial charge in [0.25, 0.3) is 0 Å². The van der Waals surface area contributed by atoms with Crippen LogP contribution in [-0.2, 0) is 9.53 Å². The second kappa shape index (κ2) is 13.5. The third-order valence-electron chi connectivity index (χ3n) is 2.89. The zero-order valence-electron chi connectivity index (χ0n) is 13.3. The zero-order chi connectivity index (χ0) is 15.4. The highest BCUT2D eigenvalue weighted by molar-refractivity contribution is 5.86. The first-order chi connectivity index (χ1) is 9.57. The molecule has 0 aliphatic carbocycles. The normalized spacial score (nSPS) is 9.76. The predicted molar refractivity (Wildman–Crippen MR) is 92.6 cm³/mol. The molecule has 0 aliphatic heterocycles. The first kappa shape index (κ1) is 21.8. The summed E-state index contributed by atoms with van der Waals surface area (Å²) in [6.45, 7) is 10.1. The smallest absolute Gasteiger partial charge is 0.330 e. The molecule has 0 fully saturated rings. The summed E-state index contributed by atoms with van der Waals surface area (Å²) in [5.41, 5.74) is 7.11. The maximum Gasteiger partial charge on any atom is 0.330 e. The van der Waals surface area contributed by atoms with Crippen molar-refractivity contribution >= 4 is 30.1 Å². The molecule has 0 unspecified atom stereocenters. The summed E-state index contributed by atoms with van der Waals surface area (Å²) in [7, 11) is 1.34. The Balaban J connectivity index is 0. The monoisotopic (exact) mass is 314 g/mol. The first-order valence-corrected chi connectivity index (χ1v) is 6.91. The van der Waals surface area contributed by atoms with Crippen molar-refractivity contribution in [3.63, 3.8) is 0 Å². The Kier molecular flexibility index (Phi) is 14.0. The summed E-state index contributed by atoms with van der Waals surface area (Å²) in [5, 5.41) is 0. The van der Waals surface area contributed by atoms with Crippen molar-refractivity contribution in [3.05, 3.63) is 35.9 Å². The lowest BCUT2D eigenvalue weighted by Crippen LogP contribution is -2.21. The van der Waals surface area contributed by atoms with E-state index in [1.165, 1.54) is 32.8 Å². The van der Waals surface area contributed by atoms with Gasteiger partial charge in [0.2, 0.25) is 0 Å². The molecule has 0 aliphatic rings. The summed E-state index contributed by atoms with van der Waals surface area (Å²) in [6.07, 6.45) is 3.04. The molecule has 0 heterocycles. The van der Waals surface area contributed by atoms with Crippen molar-refractivity contribution in [2.75, 3.05) is 32.5 Å². The molecular formula is C16H27ClN2O2. The van der Waals surface area contributed by atoms with E-state index in [1.54, 1.807) is 18.2 Å². The van der Waals surface area contributed by atoms with E-state index in [2.05, 4.69) is 30.4 Å². The van der Waals surface area contributed by atoms with Crippen LogP contribution in [0.1, 0.15) is 26.3 Å². The lowest BCUT2D eigenvalue weighted by Gasteiger charge is -2.13. The highest BCUT2D eigenvalue weighted by Gasteiger charge is 1.91. The lowest BCUT2D eigenvalue weighted by atomic mass is 10.2. The van der Waals surface area contributed by atoms with Crippen LogP contribution in [0.3, 0.4) is 0 Å². The number of esters is 1. The molecule has 0 amide bonds. The van der Waals surface area contributed by atoms with Crippen LogP contribution in [0, 0.1) is 0 Å². The molecule has 0 atom stereocenters. The van der Waals surface area contributed by atoms with Gasteiger partial charge in [-0.2, -0.15) is 0 Å². The molecule has 0 saturated carbocycles. The van der Waals surface area contributed by atoms with Crippen molar-refractivity contribution in [2.45, 2.75) is 20.8 Å². The third kappa shape index (κ3) is 10.9. The molecular weight excluding hydrogens is 288 g/mol. The summed E-state index contributed by atoms with van der Waals surface area (Å²) < 4.78 is 4.45. The average molecular weight is 315 g/mol. The summed E-state index contributed by atoms with van der Waals surface area (Å²) >= 11 is 0. The number of nitrogen functional groups attached to an aromatic ring is 1. The first-order valence-electron chi connectivity index (χ1n) is 6.91. The van der Waals surface area contributed by atoms with Gasteiger partial charge in [-0.05, 0) is 43.4 Å². The Bertz CT molecular complexity index is 396. The van der Waals surface area contributed by atoms with Crippen LogP contribution in [0.4, 0.5) is 5.69 Å². The quantitative estimate of drug-likeness (QED) is 0.515. The van der Waals surface area contributed by atoms with Gasteiger partial charge in [0.05, 0.1) is 7.11 Å². The van der Waals surface area contributed by atoms with E-state index in [-0.39, 0.29) is 18.4 Å². The Morgan fingerprint density at radius 2 is 1.62 bits per heavy atom. The number of rotatable bonds is 5. The van der Waals surface area contributed by atoms with Crippen LogP contribution in [0.2, 0.25) is 0 Å². The Morgan fingerprint density at radius 1 is 1.14 bits per heavy atom. The molecule has 4 nitrogen and oxygen atoms in total. The number of hydrogen-bond acceptors (Lipinski definition) is 4. The lowest BCUT2D eigenvalue weighted by molar-refractivity contribution is -0.134. The minimum Gasteiger partial charge on any atom is -0.466 e. The van der Waals surface area contributed by atoms with Crippen molar-refractivity contribution in [3.8, 4) is 0 Å². The molecule has 0 saturated heterocycles. The Morgan fingerprint density at radius 3 is 1.95 bits per heavy atom. The van der Waals surface area contributed by atoms with E-state index in [9.17, 15) is 4.79 Å². The van der Waals surface area contributed by atoms with Crippen molar-refractivity contribution < 1.29 is 9.53 Å². The second-order valence-electron chi connectivity index (χ2n) is 4.14. The topological polar surface area (TPSA) is 55.6 Å². The molecule has 0 radical (unpaired) electrons. The van der Waals surface area contributed by atoms with Crippen LogP contribution in [0.15, 0.2) is 30.3 Å². The maximum absolute atomic E-state index is 10.7. The van der Waals surface area contributed by atoms with Gasteiger partial charge in [-0.15, -0.1) is 12.4 Å². The van der Waals surface area contributed by atoms with Gasteiger partial charge in [-0.1, -0.05) is 32.9 Å². The molecule has 0 spiro atoms. The summed E-state index contributed by atoms with van der Waals surface area (Å²) in [4.78, 5) is 13.1. The van der Waals surface area contributed by atoms with Gasteiger partial charge in [0.15, 0.2) is 0 Å². The third-order valence-corrected chi connectivity index (χ3v) is 2.89. The number of nitrogens with zero attached hydrogens (tertiary/aromatic N) is 1. The minimum atomic E-state index is -0.364. The number of hydrogen-bond donors (Lipinski definition) is 1. The fourth-order valence-electron chi connectivity index (χ4n) is 1.51. The second-order valence-corrected chi connectivity index (χ2v) is 4.14. The molecule has 1 rings (SSSR count). The zero-order valence-corrected chi connectivity index (χ0v) is 14.2. The number of halogens is 1. The standard InChI is InChI=1S/C10H11NO2.C6H15N.ClH/c1-13-10(12)7-4-8-2-5-9(11)6-3-8;1-4-7(5-2)6-3;/h2-7H,11H2,1H3;4-6H2,1-3H3;1H. The molecule has 21 heavy (non-hydrogen) atoms. The molecule has 0 bridgehead atoms. The van der Waals surface area contributed by atoms with Crippen LogP contribution in [0.5, 0.6) is 0 Å². The number of ether oxygens (including phenoxy) is 1. The minimum absolute atomic E-state index is 0. The van der Waals surface area contributed by atoms with Gasteiger partial charge in [-0.3, -0.25) is 0 Å². The maximum atomic E-state index is 10.7. The summed E-state index contributed by atoms with van der Waals surface area (Å²) in [5.74, 6) is -0.364. The highest BCUT2D eigenvalue weighted by atomic mass is 35.5. The van der Waals surface area contributed by atoms with Gasteiger partial charge in [0, 0.05) is 11.8 Å². The van der Waals surface area contributed by atoms with Gasteiger partial charge >= 0.3 is 5.97 Å². The number of anilines is 1. The molecule has 2 N–H and O–H groups in total. The Labute approximate surface area is 134 Å². The predicted octanol–water partition coefficient (Wildman–Crippen LogP) is 3.22. The molecule has 120 valence electrons. The van der Waals surface area contributed by atoms with Crippen LogP contribution in [-0.4, -0.2) is 37.6 Å². The summed E-state index contributed by atoms with van der Waals surface area (Å²) in [6, 6.07) is 7.21. The number of carbonyl (C=O) groups excluding carboxylic acids is 1. The molecule has 5 heteroatoms. The average Bonchev–Trinajstić information content (AvgIpc) is 2.49. The fraction of sp³-hybridized carbons (Fsp3) is 0.438. The van der Waals surface area contributed by atoms with Crippen LogP contribution in [0.25, 0.3) is 6.08 Å². The number of benzene rings is 1. The number of carbonyl (C=O) groups is 1. The van der Waals surface area contributed by atoms with Crippen molar-refractivity contribution in [1.82, 2.24) is 4.90 Å². The van der Waals surface area contributed by atoms with Gasteiger partial charge < -0.3 is 15.4 Å². The number of methoxy groups -OCH3 is 1. The SMILES string of the molecule is CCN(CC)CC.COC(=O)C=Cc1ccc(N)cc1.Cl. The van der Waals surface area contributed by atoms with Crippen molar-refractivity contribution in [2.24, 2.45) is 0 Å². The van der Waals surface area contributed by atoms with E-state index >= 15 is 0 Å². The van der Waals surface area contributed by atoms with Gasteiger partial charge in [0.1, 0.15) is 0 Å². The van der Waals surface area contributed by atoms with E-state index in [1.807, 2.05) is 12.1 Å². The molecule has 0 aromatic heterocycles. The van der Waals surface area contributed by atoms with Gasteiger partial charge in [-0.25, -0.2) is 4.79 Å². The Hall–Kier alpha value is -1.52. The van der Waals surface area contributed by atoms with E-state index < -0.39 is 0 Å². The van der Waals surface area contributed by atoms with Crippen molar-refractivity contribution in [1.29, 1.82) is 0 Å². The van der Waals surface area contributed by atoms with E-state index in [0.29, 0.717) is 5.69 Å². The van der Waals surface area contributed by atoms with E-state index in [4.69, 9.17) is 5.73 Å². The highest BCUT2D eigenvalue weighted by Crippen LogP contribution is 2.06. The fourth-order valence-corrected chi connectivity index (χ4v) is 1.51. The van der Waals surface area contributed by atoms with Crippen LogP contribution >= 0.6 is 12.4 Å². The largest absolute Gasteiger partial charge is 0.466 e. The number of nitrogens with two attached hydrogens (primary N) is 1. The van der Waals surface area contributed by atoms with Crippen LogP contribution < -0.4 is 5.73 Å². The molecule has 1 aromatic carbocycles. The molecule has 1 aromatic rings.